The van der Waals surface area contributed by atoms with Crippen LogP contribution in [0.1, 0.15) is 24.1 Å². The molecule has 2 aromatic rings. The van der Waals surface area contributed by atoms with Crippen LogP contribution in [0.2, 0.25) is 0 Å². The molecule has 0 aliphatic heterocycles. The molecule has 5 heteroatoms. The molecule has 0 radical (unpaired) electrons. The maximum atomic E-state index is 11.0. The van der Waals surface area contributed by atoms with E-state index in [1.54, 1.807) is 31.2 Å². The SMILES string of the molecule is Cc1cccc([N+](=O)[O-])c1Oc1ccc(C(C)N)cc1. The van der Waals surface area contributed by atoms with Crippen molar-refractivity contribution in [3.63, 3.8) is 0 Å². The predicted molar refractivity (Wildman–Crippen MR) is 77.0 cm³/mol. The maximum absolute atomic E-state index is 11.0. The van der Waals surface area contributed by atoms with Crippen molar-refractivity contribution in [3.05, 3.63) is 63.7 Å². The van der Waals surface area contributed by atoms with Gasteiger partial charge in [-0.3, -0.25) is 10.1 Å². The molecule has 0 amide bonds. The Labute approximate surface area is 117 Å². The van der Waals surface area contributed by atoms with Crippen LogP contribution in [0.15, 0.2) is 42.5 Å². The van der Waals surface area contributed by atoms with Crippen molar-refractivity contribution in [2.45, 2.75) is 19.9 Å². The first-order valence-electron chi connectivity index (χ1n) is 6.26. The Kier molecular flexibility index (Phi) is 4.00. The van der Waals surface area contributed by atoms with E-state index in [0.29, 0.717) is 5.75 Å². The van der Waals surface area contributed by atoms with E-state index in [9.17, 15) is 10.1 Å². The summed E-state index contributed by atoms with van der Waals surface area (Å²) in [5.41, 5.74) is 7.43. The number of nitro groups is 1. The third-order valence-corrected chi connectivity index (χ3v) is 3.01. The smallest absolute Gasteiger partial charge is 0.311 e. The van der Waals surface area contributed by atoms with E-state index in [4.69, 9.17) is 10.5 Å². The van der Waals surface area contributed by atoms with Crippen LogP contribution in [0.3, 0.4) is 0 Å². The molecule has 20 heavy (non-hydrogen) atoms. The molecule has 0 saturated heterocycles. The molecule has 0 aliphatic rings. The van der Waals surface area contributed by atoms with Crippen molar-refractivity contribution in [2.24, 2.45) is 5.73 Å². The summed E-state index contributed by atoms with van der Waals surface area (Å²) in [5, 5.41) is 11.0. The van der Waals surface area contributed by atoms with Crippen molar-refractivity contribution in [1.82, 2.24) is 0 Å². The van der Waals surface area contributed by atoms with Crippen LogP contribution in [-0.4, -0.2) is 4.92 Å². The zero-order valence-corrected chi connectivity index (χ0v) is 11.4. The number of nitrogens with zero attached hydrogens (tertiary/aromatic N) is 1. The van der Waals surface area contributed by atoms with Crippen LogP contribution in [0.4, 0.5) is 5.69 Å². The molecule has 1 unspecified atom stereocenters. The second-order valence-corrected chi connectivity index (χ2v) is 4.64. The molecule has 2 N–H and O–H groups in total. The Balaban J connectivity index is 2.32. The summed E-state index contributed by atoms with van der Waals surface area (Å²) in [6.07, 6.45) is 0. The van der Waals surface area contributed by atoms with E-state index in [2.05, 4.69) is 0 Å². The number of benzene rings is 2. The summed E-state index contributed by atoms with van der Waals surface area (Å²) < 4.78 is 5.65. The number of aryl methyl sites for hydroxylation is 1. The Bertz CT molecular complexity index is 622. The molecule has 0 fully saturated rings. The number of nitro benzene ring substituents is 1. The molecular formula is C15H16N2O3. The summed E-state index contributed by atoms with van der Waals surface area (Å²) in [5.74, 6) is 0.817. The van der Waals surface area contributed by atoms with Crippen LogP contribution in [0.25, 0.3) is 0 Å². The standard InChI is InChI=1S/C15H16N2O3/c1-10-4-3-5-14(17(18)19)15(10)20-13-8-6-12(7-9-13)11(2)16/h3-9,11H,16H2,1-2H3. The molecular weight excluding hydrogens is 256 g/mol. The minimum atomic E-state index is -0.446. The van der Waals surface area contributed by atoms with E-state index in [-0.39, 0.29) is 17.5 Å². The van der Waals surface area contributed by atoms with Crippen LogP contribution < -0.4 is 10.5 Å². The van der Waals surface area contributed by atoms with Crippen LogP contribution >= 0.6 is 0 Å². The molecule has 5 nitrogen and oxygen atoms in total. The van der Waals surface area contributed by atoms with Crippen molar-refractivity contribution >= 4 is 5.69 Å². The van der Waals surface area contributed by atoms with Gasteiger partial charge in [0.1, 0.15) is 5.75 Å². The van der Waals surface area contributed by atoms with Gasteiger partial charge in [-0.1, -0.05) is 24.3 Å². The van der Waals surface area contributed by atoms with Crippen molar-refractivity contribution < 1.29 is 9.66 Å². The summed E-state index contributed by atoms with van der Waals surface area (Å²) >= 11 is 0. The fourth-order valence-corrected chi connectivity index (χ4v) is 1.87. The van der Waals surface area contributed by atoms with Gasteiger partial charge in [0.2, 0.25) is 5.75 Å². The fraction of sp³-hybridized carbons (Fsp3) is 0.200. The zero-order chi connectivity index (χ0) is 14.7. The van der Waals surface area contributed by atoms with Crippen molar-refractivity contribution in [3.8, 4) is 11.5 Å². The summed E-state index contributed by atoms with van der Waals surface area (Å²) in [6, 6.07) is 12.0. The Morgan fingerprint density at radius 3 is 2.40 bits per heavy atom. The highest BCUT2D eigenvalue weighted by molar-refractivity contribution is 5.53. The monoisotopic (exact) mass is 272 g/mol. The van der Waals surface area contributed by atoms with Gasteiger partial charge in [0.05, 0.1) is 4.92 Å². The highest BCUT2D eigenvalue weighted by Gasteiger charge is 2.17. The zero-order valence-electron chi connectivity index (χ0n) is 11.4. The average Bonchev–Trinajstić information content (AvgIpc) is 2.41. The summed E-state index contributed by atoms with van der Waals surface area (Å²) in [4.78, 5) is 10.6. The largest absolute Gasteiger partial charge is 0.450 e. The van der Waals surface area contributed by atoms with E-state index in [0.717, 1.165) is 11.1 Å². The Morgan fingerprint density at radius 2 is 1.85 bits per heavy atom. The molecule has 0 aliphatic carbocycles. The Hall–Kier alpha value is -2.40. The topological polar surface area (TPSA) is 78.4 Å². The third kappa shape index (κ3) is 2.95. The number of nitrogens with two attached hydrogens (primary N) is 1. The minimum Gasteiger partial charge on any atom is -0.450 e. The molecule has 0 aromatic heterocycles. The predicted octanol–water partition coefficient (Wildman–Crippen LogP) is 3.72. The van der Waals surface area contributed by atoms with Gasteiger partial charge in [-0.2, -0.15) is 0 Å². The highest BCUT2D eigenvalue weighted by atomic mass is 16.6. The van der Waals surface area contributed by atoms with Gasteiger partial charge < -0.3 is 10.5 Å². The van der Waals surface area contributed by atoms with E-state index in [1.807, 2.05) is 19.1 Å². The summed E-state index contributed by atoms with van der Waals surface area (Å²) in [7, 11) is 0. The van der Waals surface area contributed by atoms with Gasteiger partial charge in [-0.15, -0.1) is 0 Å². The number of hydrogen-bond acceptors (Lipinski definition) is 4. The van der Waals surface area contributed by atoms with Gasteiger partial charge in [0.15, 0.2) is 0 Å². The van der Waals surface area contributed by atoms with Crippen LogP contribution in [0.5, 0.6) is 11.5 Å². The third-order valence-electron chi connectivity index (χ3n) is 3.01. The quantitative estimate of drug-likeness (QED) is 0.679. The molecule has 2 aromatic carbocycles. The molecule has 104 valence electrons. The molecule has 0 spiro atoms. The fourth-order valence-electron chi connectivity index (χ4n) is 1.87. The summed E-state index contributed by atoms with van der Waals surface area (Å²) in [6.45, 7) is 3.67. The molecule has 0 saturated carbocycles. The van der Waals surface area contributed by atoms with Crippen LogP contribution in [0, 0.1) is 17.0 Å². The normalized spacial score (nSPS) is 11.9. The number of ether oxygens (including phenoxy) is 1. The van der Waals surface area contributed by atoms with E-state index in [1.165, 1.54) is 6.07 Å². The van der Waals surface area contributed by atoms with Gasteiger partial charge in [-0.25, -0.2) is 0 Å². The first-order valence-corrected chi connectivity index (χ1v) is 6.26. The number of hydrogen-bond donors (Lipinski definition) is 1. The minimum absolute atomic E-state index is 0.0405. The lowest BCUT2D eigenvalue weighted by atomic mass is 10.1. The second-order valence-electron chi connectivity index (χ2n) is 4.64. The van der Waals surface area contributed by atoms with Gasteiger partial charge >= 0.3 is 5.69 Å². The Morgan fingerprint density at radius 1 is 1.20 bits per heavy atom. The lowest BCUT2D eigenvalue weighted by molar-refractivity contribution is -0.385. The van der Waals surface area contributed by atoms with Gasteiger partial charge in [0, 0.05) is 12.1 Å². The average molecular weight is 272 g/mol. The lowest BCUT2D eigenvalue weighted by Gasteiger charge is -2.10. The van der Waals surface area contributed by atoms with Crippen molar-refractivity contribution in [1.29, 1.82) is 0 Å². The van der Waals surface area contributed by atoms with Gasteiger partial charge in [-0.05, 0) is 37.1 Å². The molecule has 0 bridgehead atoms. The first-order chi connectivity index (χ1) is 9.49. The highest BCUT2D eigenvalue weighted by Crippen LogP contribution is 2.34. The first kappa shape index (κ1) is 14.0. The molecule has 0 heterocycles. The molecule has 1 atom stereocenters. The number of rotatable bonds is 4. The lowest BCUT2D eigenvalue weighted by Crippen LogP contribution is -2.04. The number of para-hydroxylation sites is 1. The van der Waals surface area contributed by atoms with Crippen LogP contribution in [-0.2, 0) is 0 Å². The molecule has 2 rings (SSSR count). The van der Waals surface area contributed by atoms with E-state index >= 15 is 0 Å². The van der Waals surface area contributed by atoms with E-state index < -0.39 is 4.92 Å². The second kappa shape index (κ2) is 5.71. The van der Waals surface area contributed by atoms with Gasteiger partial charge in [0.25, 0.3) is 0 Å². The van der Waals surface area contributed by atoms with Crippen molar-refractivity contribution in [2.75, 3.05) is 0 Å². The maximum Gasteiger partial charge on any atom is 0.311 e.